The first kappa shape index (κ1) is 16.8. The molecule has 0 aliphatic heterocycles. The molecule has 0 radical (unpaired) electrons. The van der Waals surface area contributed by atoms with E-state index in [1.807, 2.05) is 4.72 Å². The minimum Gasteiger partial charge on any atom is -0.381 e. The number of anilines is 1. The van der Waals surface area contributed by atoms with Gasteiger partial charge in [0.05, 0.1) is 18.0 Å². The Balaban J connectivity index is 3.05. The maximum absolute atomic E-state index is 13.1. The molecule has 1 aromatic rings. The highest BCUT2D eigenvalue weighted by Crippen LogP contribution is 2.22. The number of sulfonamides is 2. The molecule has 7 nitrogen and oxygen atoms in total. The lowest BCUT2D eigenvalue weighted by molar-refractivity contribution is 0.163. The van der Waals surface area contributed by atoms with Crippen molar-refractivity contribution in [2.75, 3.05) is 23.7 Å². The first-order valence-electron chi connectivity index (χ1n) is 5.56. The highest BCUT2D eigenvalue weighted by atomic mass is 32.2. The Morgan fingerprint density at radius 1 is 1.30 bits per heavy atom. The number of nitrogens with two attached hydrogens (primary N) is 1. The van der Waals surface area contributed by atoms with E-state index in [1.165, 1.54) is 0 Å². The summed E-state index contributed by atoms with van der Waals surface area (Å²) in [6.45, 7) is 1.98. The fraction of sp³-hybridized carbons (Fsp3) is 0.400. The van der Waals surface area contributed by atoms with E-state index in [-0.39, 0.29) is 12.4 Å². The Morgan fingerprint density at radius 3 is 2.50 bits per heavy atom. The molecular formula is C10H15FN2O5S2. The van der Waals surface area contributed by atoms with Gasteiger partial charge >= 0.3 is 0 Å². The number of hydrogen-bond donors (Lipinski definition) is 2. The summed E-state index contributed by atoms with van der Waals surface area (Å²) in [5.41, 5.74) is -0.427. The van der Waals surface area contributed by atoms with Gasteiger partial charge in [0.2, 0.25) is 20.0 Å². The summed E-state index contributed by atoms with van der Waals surface area (Å²) in [6.07, 6.45) is 0. The van der Waals surface area contributed by atoms with Crippen LogP contribution < -0.4 is 9.86 Å². The van der Waals surface area contributed by atoms with Crippen LogP contribution in [0.15, 0.2) is 23.1 Å². The number of rotatable bonds is 7. The van der Waals surface area contributed by atoms with Gasteiger partial charge in [-0.1, -0.05) is 0 Å². The smallest absolute Gasteiger partial charge is 0.240 e. The Labute approximate surface area is 117 Å². The summed E-state index contributed by atoms with van der Waals surface area (Å²) in [5.74, 6) is -1.18. The van der Waals surface area contributed by atoms with Gasteiger partial charge in [0.1, 0.15) is 10.7 Å². The van der Waals surface area contributed by atoms with Crippen LogP contribution in [0.25, 0.3) is 0 Å². The molecule has 20 heavy (non-hydrogen) atoms. The Kier molecular flexibility index (Phi) is 5.45. The topological polar surface area (TPSA) is 116 Å². The molecule has 1 aromatic carbocycles. The van der Waals surface area contributed by atoms with Crippen LogP contribution in [0.3, 0.4) is 0 Å². The SMILES string of the molecule is CCOCCS(=O)(=O)Nc1cc(F)ccc1S(N)(=O)=O. The summed E-state index contributed by atoms with van der Waals surface area (Å²) in [6, 6.07) is 2.51. The van der Waals surface area contributed by atoms with Crippen LogP contribution in [-0.4, -0.2) is 35.8 Å². The van der Waals surface area contributed by atoms with Gasteiger partial charge in [-0.3, -0.25) is 4.72 Å². The molecule has 0 aliphatic carbocycles. The van der Waals surface area contributed by atoms with Gasteiger partial charge in [-0.15, -0.1) is 0 Å². The molecule has 0 aromatic heterocycles. The van der Waals surface area contributed by atoms with Gasteiger partial charge in [-0.2, -0.15) is 0 Å². The van der Waals surface area contributed by atoms with Gasteiger partial charge in [0.15, 0.2) is 0 Å². The van der Waals surface area contributed by atoms with E-state index in [9.17, 15) is 21.2 Å². The molecule has 0 amide bonds. The van der Waals surface area contributed by atoms with Crippen LogP contribution >= 0.6 is 0 Å². The first-order valence-corrected chi connectivity index (χ1v) is 8.76. The van der Waals surface area contributed by atoms with Crippen LogP contribution in [0, 0.1) is 5.82 Å². The minimum absolute atomic E-state index is 0.0636. The van der Waals surface area contributed by atoms with Crippen molar-refractivity contribution in [3.63, 3.8) is 0 Å². The summed E-state index contributed by atoms with van der Waals surface area (Å²) in [5, 5.41) is 4.94. The van der Waals surface area contributed by atoms with Crippen LogP contribution in [0.1, 0.15) is 6.92 Å². The number of primary sulfonamides is 1. The lowest BCUT2D eigenvalue weighted by atomic mass is 10.3. The van der Waals surface area contributed by atoms with E-state index in [4.69, 9.17) is 9.88 Å². The molecule has 0 aliphatic rings. The Morgan fingerprint density at radius 2 is 1.95 bits per heavy atom. The molecule has 0 fully saturated rings. The van der Waals surface area contributed by atoms with E-state index in [0.717, 1.165) is 18.2 Å². The minimum atomic E-state index is -4.17. The zero-order chi connectivity index (χ0) is 15.4. The van der Waals surface area contributed by atoms with Gasteiger partial charge in [0.25, 0.3) is 0 Å². The molecule has 0 saturated heterocycles. The Hall–Kier alpha value is -1.23. The van der Waals surface area contributed by atoms with Crippen molar-refractivity contribution in [3.05, 3.63) is 24.0 Å². The highest BCUT2D eigenvalue weighted by molar-refractivity contribution is 7.93. The largest absolute Gasteiger partial charge is 0.381 e. The van der Waals surface area contributed by atoms with Gasteiger partial charge in [-0.05, 0) is 25.1 Å². The standard InChI is InChI=1S/C10H15FN2O5S2/c1-2-18-5-6-19(14,15)13-9-7-8(11)3-4-10(9)20(12,16)17/h3-4,7,13H,2,5-6H2,1H3,(H2,12,16,17). The number of halogens is 1. The predicted molar refractivity (Wildman–Crippen MR) is 71.7 cm³/mol. The van der Waals surface area contributed by atoms with Crippen molar-refractivity contribution < 1.29 is 26.0 Å². The number of benzene rings is 1. The summed E-state index contributed by atoms with van der Waals surface area (Å²) in [4.78, 5) is -0.501. The lowest BCUT2D eigenvalue weighted by Gasteiger charge is -2.11. The second kappa shape index (κ2) is 6.48. The predicted octanol–water partition coefficient (Wildman–Crippen LogP) is 0.251. The monoisotopic (exact) mass is 326 g/mol. The van der Waals surface area contributed by atoms with E-state index in [0.29, 0.717) is 6.61 Å². The van der Waals surface area contributed by atoms with E-state index >= 15 is 0 Å². The lowest BCUT2D eigenvalue weighted by Crippen LogP contribution is -2.23. The van der Waals surface area contributed by atoms with Crippen molar-refractivity contribution in [2.45, 2.75) is 11.8 Å². The van der Waals surface area contributed by atoms with Crippen LogP contribution in [0.2, 0.25) is 0 Å². The quantitative estimate of drug-likeness (QED) is 0.697. The third-order valence-corrected chi connectivity index (χ3v) is 4.42. The summed E-state index contributed by atoms with van der Waals surface area (Å²) >= 11 is 0. The van der Waals surface area contributed by atoms with E-state index in [1.54, 1.807) is 6.92 Å². The molecule has 1 rings (SSSR count). The molecular weight excluding hydrogens is 311 g/mol. The molecule has 0 bridgehead atoms. The molecule has 0 heterocycles. The second-order valence-corrected chi connectivity index (χ2v) is 7.18. The van der Waals surface area contributed by atoms with E-state index in [2.05, 4.69) is 0 Å². The van der Waals surface area contributed by atoms with Crippen molar-refractivity contribution in [2.24, 2.45) is 5.14 Å². The van der Waals surface area contributed by atoms with Crippen LogP contribution in [0.5, 0.6) is 0 Å². The van der Waals surface area contributed by atoms with Gasteiger partial charge in [0, 0.05) is 6.61 Å². The third kappa shape index (κ3) is 5.04. The molecule has 0 unspecified atom stereocenters. The molecule has 0 atom stereocenters. The van der Waals surface area contributed by atoms with Gasteiger partial charge < -0.3 is 4.74 Å². The number of ether oxygens (including phenoxy) is 1. The van der Waals surface area contributed by atoms with Crippen molar-refractivity contribution in [3.8, 4) is 0 Å². The average molecular weight is 326 g/mol. The van der Waals surface area contributed by atoms with Crippen molar-refractivity contribution in [1.29, 1.82) is 0 Å². The first-order chi connectivity index (χ1) is 9.15. The average Bonchev–Trinajstić information content (AvgIpc) is 2.26. The molecule has 10 heteroatoms. The zero-order valence-corrected chi connectivity index (χ0v) is 12.3. The summed E-state index contributed by atoms with van der Waals surface area (Å²) in [7, 11) is -8.04. The molecule has 0 saturated carbocycles. The fourth-order valence-electron chi connectivity index (χ4n) is 1.36. The third-order valence-electron chi connectivity index (χ3n) is 2.21. The Bertz CT molecular complexity index is 673. The normalized spacial score (nSPS) is 12.3. The van der Waals surface area contributed by atoms with E-state index < -0.39 is 36.4 Å². The van der Waals surface area contributed by atoms with Crippen molar-refractivity contribution >= 4 is 25.7 Å². The molecule has 114 valence electrons. The molecule has 3 N–H and O–H groups in total. The van der Waals surface area contributed by atoms with Crippen LogP contribution in [0.4, 0.5) is 10.1 Å². The maximum Gasteiger partial charge on any atom is 0.240 e. The zero-order valence-electron chi connectivity index (χ0n) is 10.7. The second-order valence-electron chi connectivity index (χ2n) is 3.80. The van der Waals surface area contributed by atoms with Crippen molar-refractivity contribution in [1.82, 2.24) is 0 Å². The summed E-state index contributed by atoms with van der Waals surface area (Å²) < 4.78 is 66.0. The fourth-order valence-corrected chi connectivity index (χ4v) is 3.04. The number of hydrogen-bond acceptors (Lipinski definition) is 5. The maximum atomic E-state index is 13.1. The molecule has 0 spiro atoms. The van der Waals surface area contributed by atoms with Gasteiger partial charge in [-0.25, -0.2) is 26.4 Å². The highest BCUT2D eigenvalue weighted by Gasteiger charge is 2.19. The number of nitrogens with one attached hydrogen (secondary N) is 1. The van der Waals surface area contributed by atoms with Crippen LogP contribution in [-0.2, 0) is 24.8 Å².